The number of hydrogen-bond acceptors (Lipinski definition) is 4. The first-order valence-corrected chi connectivity index (χ1v) is 4.43. The summed E-state index contributed by atoms with van der Waals surface area (Å²) in [5.41, 5.74) is 5.63. The van der Waals surface area contributed by atoms with Crippen molar-refractivity contribution in [3.63, 3.8) is 0 Å². The minimum Gasteiger partial charge on any atom is -0.382 e. The number of amides is 2. The Morgan fingerprint density at radius 2 is 2.13 bits per heavy atom. The van der Waals surface area contributed by atoms with Crippen LogP contribution in [0.2, 0.25) is 0 Å². The quantitative estimate of drug-likeness (QED) is 0.471. The second-order valence-corrected chi connectivity index (χ2v) is 2.95. The van der Waals surface area contributed by atoms with Crippen LogP contribution in [-0.2, 0) is 4.79 Å². The fourth-order valence-electron chi connectivity index (χ4n) is 0.963. The predicted octanol–water partition coefficient (Wildman–Crippen LogP) is -1.14. The third-order valence-electron chi connectivity index (χ3n) is 1.63. The molecule has 5 N–H and O–H groups in total. The largest absolute Gasteiger partial charge is 0.382 e. The summed E-state index contributed by atoms with van der Waals surface area (Å²) in [7, 11) is 0. The first-order chi connectivity index (χ1) is 7.09. The van der Waals surface area contributed by atoms with Gasteiger partial charge in [-0.1, -0.05) is 0 Å². The van der Waals surface area contributed by atoms with E-state index in [1.807, 2.05) is 0 Å². The molecule has 1 aromatic heterocycles. The van der Waals surface area contributed by atoms with E-state index in [1.54, 1.807) is 0 Å². The van der Waals surface area contributed by atoms with Gasteiger partial charge in [-0.2, -0.15) is 5.10 Å². The molecular weight excluding hydrogens is 198 g/mol. The van der Waals surface area contributed by atoms with Crippen molar-refractivity contribution < 1.29 is 9.59 Å². The zero-order valence-corrected chi connectivity index (χ0v) is 8.33. The molecule has 2 amide bonds. The van der Waals surface area contributed by atoms with E-state index in [4.69, 9.17) is 5.73 Å². The second kappa shape index (κ2) is 4.99. The first kappa shape index (κ1) is 11.0. The highest BCUT2D eigenvalue weighted by Crippen LogP contribution is 1.98. The van der Waals surface area contributed by atoms with Gasteiger partial charge in [-0.3, -0.25) is 14.7 Å². The Hall–Kier alpha value is -2.05. The standard InChI is InChI=1S/C8H13N5O2/c1-5(14)10-2-3-11-8(15)6-4-7(9)13-12-6/h4H,2-3H2,1H3,(H,10,14)(H,11,15)(H3,9,12,13). The lowest BCUT2D eigenvalue weighted by atomic mass is 10.4. The summed E-state index contributed by atoms with van der Waals surface area (Å²) < 4.78 is 0. The molecule has 7 nitrogen and oxygen atoms in total. The molecule has 0 fully saturated rings. The van der Waals surface area contributed by atoms with Crippen LogP contribution in [-0.4, -0.2) is 35.1 Å². The number of hydrogen-bond donors (Lipinski definition) is 4. The van der Waals surface area contributed by atoms with Gasteiger partial charge >= 0.3 is 0 Å². The average molecular weight is 211 g/mol. The number of nitrogens with two attached hydrogens (primary N) is 1. The van der Waals surface area contributed by atoms with Crippen molar-refractivity contribution in [2.75, 3.05) is 18.8 Å². The third kappa shape index (κ3) is 3.67. The van der Waals surface area contributed by atoms with E-state index < -0.39 is 0 Å². The number of carbonyl (C=O) groups excluding carboxylic acids is 2. The molecule has 1 heterocycles. The molecule has 0 saturated heterocycles. The number of nitrogens with one attached hydrogen (secondary N) is 3. The number of H-pyrrole nitrogens is 1. The molecule has 0 aliphatic carbocycles. The van der Waals surface area contributed by atoms with Crippen molar-refractivity contribution in [2.24, 2.45) is 0 Å². The first-order valence-electron chi connectivity index (χ1n) is 4.43. The molecule has 1 rings (SSSR count). The van der Waals surface area contributed by atoms with Crippen molar-refractivity contribution in [2.45, 2.75) is 6.92 Å². The fourth-order valence-corrected chi connectivity index (χ4v) is 0.963. The van der Waals surface area contributed by atoms with E-state index in [0.717, 1.165) is 0 Å². The SMILES string of the molecule is CC(=O)NCCNC(=O)c1cc(N)n[nH]1. The minimum absolute atomic E-state index is 0.130. The molecule has 82 valence electrons. The zero-order valence-electron chi connectivity index (χ0n) is 8.33. The number of anilines is 1. The van der Waals surface area contributed by atoms with Crippen LogP contribution in [0.5, 0.6) is 0 Å². The Bertz CT molecular complexity index is 360. The van der Waals surface area contributed by atoms with Crippen molar-refractivity contribution in [1.82, 2.24) is 20.8 Å². The molecule has 0 aliphatic heterocycles. The Morgan fingerprint density at radius 1 is 1.47 bits per heavy atom. The van der Waals surface area contributed by atoms with Crippen LogP contribution in [0.15, 0.2) is 6.07 Å². The van der Waals surface area contributed by atoms with Crippen molar-refractivity contribution >= 4 is 17.6 Å². The van der Waals surface area contributed by atoms with E-state index in [9.17, 15) is 9.59 Å². The molecule has 0 radical (unpaired) electrons. The van der Waals surface area contributed by atoms with Gasteiger partial charge in [0.15, 0.2) is 0 Å². The zero-order chi connectivity index (χ0) is 11.3. The lowest BCUT2D eigenvalue weighted by Gasteiger charge is -2.03. The highest BCUT2D eigenvalue weighted by molar-refractivity contribution is 5.92. The summed E-state index contributed by atoms with van der Waals surface area (Å²) >= 11 is 0. The van der Waals surface area contributed by atoms with Gasteiger partial charge in [0.25, 0.3) is 5.91 Å². The lowest BCUT2D eigenvalue weighted by molar-refractivity contribution is -0.118. The van der Waals surface area contributed by atoms with Crippen molar-refractivity contribution in [1.29, 1.82) is 0 Å². The van der Waals surface area contributed by atoms with Gasteiger partial charge in [-0.05, 0) is 0 Å². The maximum atomic E-state index is 11.4. The van der Waals surface area contributed by atoms with Crippen molar-refractivity contribution in [3.05, 3.63) is 11.8 Å². The number of nitrogen functional groups attached to an aromatic ring is 1. The van der Waals surface area contributed by atoms with Gasteiger partial charge in [0.1, 0.15) is 11.5 Å². The summed E-state index contributed by atoms with van der Waals surface area (Å²) in [5.74, 6) is -0.165. The molecular formula is C8H13N5O2. The maximum absolute atomic E-state index is 11.4. The molecule has 0 bridgehead atoms. The van der Waals surface area contributed by atoms with Crippen LogP contribution < -0.4 is 16.4 Å². The van der Waals surface area contributed by atoms with E-state index >= 15 is 0 Å². The fraction of sp³-hybridized carbons (Fsp3) is 0.375. The number of rotatable bonds is 4. The van der Waals surface area contributed by atoms with E-state index in [0.29, 0.717) is 18.8 Å². The molecule has 0 unspecified atom stereocenters. The van der Waals surface area contributed by atoms with Gasteiger partial charge < -0.3 is 16.4 Å². The van der Waals surface area contributed by atoms with E-state index in [1.165, 1.54) is 13.0 Å². The van der Waals surface area contributed by atoms with Crippen molar-refractivity contribution in [3.8, 4) is 0 Å². The van der Waals surface area contributed by atoms with Gasteiger partial charge in [0.05, 0.1) is 0 Å². The van der Waals surface area contributed by atoms with Gasteiger partial charge in [-0.25, -0.2) is 0 Å². The molecule has 15 heavy (non-hydrogen) atoms. The van der Waals surface area contributed by atoms with Crippen LogP contribution in [0.4, 0.5) is 5.82 Å². The highest BCUT2D eigenvalue weighted by Gasteiger charge is 2.07. The lowest BCUT2D eigenvalue weighted by Crippen LogP contribution is -2.33. The molecule has 7 heteroatoms. The van der Waals surface area contributed by atoms with Crippen LogP contribution in [0, 0.1) is 0 Å². The van der Waals surface area contributed by atoms with Gasteiger partial charge in [-0.15, -0.1) is 0 Å². The van der Waals surface area contributed by atoms with E-state index in [2.05, 4.69) is 20.8 Å². The third-order valence-corrected chi connectivity index (χ3v) is 1.63. The molecule has 1 aromatic rings. The Balaban J connectivity index is 2.28. The molecule has 0 aromatic carbocycles. The van der Waals surface area contributed by atoms with Crippen LogP contribution in [0.25, 0.3) is 0 Å². The number of aromatic nitrogens is 2. The predicted molar refractivity (Wildman–Crippen MR) is 54.0 cm³/mol. The monoisotopic (exact) mass is 211 g/mol. The Morgan fingerprint density at radius 3 is 2.67 bits per heavy atom. The van der Waals surface area contributed by atoms with Crippen LogP contribution in [0.1, 0.15) is 17.4 Å². The van der Waals surface area contributed by atoms with E-state index in [-0.39, 0.29) is 17.6 Å². The van der Waals surface area contributed by atoms with Crippen LogP contribution >= 0.6 is 0 Å². The van der Waals surface area contributed by atoms with Gasteiger partial charge in [0.2, 0.25) is 5.91 Å². The summed E-state index contributed by atoms with van der Waals surface area (Å²) in [6.07, 6.45) is 0. The topological polar surface area (TPSA) is 113 Å². The smallest absolute Gasteiger partial charge is 0.269 e. The maximum Gasteiger partial charge on any atom is 0.269 e. The molecule has 0 saturated carbocycles. The van der Waals surface area contributed by atoms with Gasteiger partial charge in [0, 0.05) is 26.1 Å². The normalized spacial score (nSPS) is 9.67. The number of nitrogens with zero attached hydrogens (tertiary/aromatic N) is 1. The Kier molecular flexibility index (Phi) is 3.67. The summed E-state index contributed by atoms with van der Waals surface area (Å²) in [6.45, 7) is 2.17. The molecule has 0 spiro atoms. The molecule has 0 atom stereocenters. The molecule has 0 aliphatic rings. The highest BCUT2D eigenvalue weighted by atomic mass is 16.2. The number of aromatic amines is 1. The average Bonchev–Trinajstić information content (AvgIpc) is 2.59. The second-order valence-electron chi connectivity index (χ2n) is 2.95. The number of carbonyl (C=O) groups is 2. The Labute approximate surface area is 86.4 Å². The van der Waals surface area contributed by atoms with Crippen LogP contribution in [0.3, 0.4) is 0 Å². The summed E-state index contributed by atoms with van der Waals surface area (Å²) in [4.78, 5) is 21.9. The minimum atomic E-state index is -0.301. The summed E-state index contributed by atoms with van der Waals surface area (Å²) in [5, 5.41) is 11.2. The summed E-state index contributed by atoms with van der Waals surface area (Å²) in [6, 6.07) is 1.44.